The standard InChI is InChI=1S/C25H29Cl2N5.C2HF3O2/c26-19-10-11-21(27)18(16-19)17-31-12-14-32(15-13-31)25-24(28-20-6-2-1-3-7-20)29-22-8-4-5-9-23(22)30-25;3-2(4,5)1(6)7/h4-5,8-11,16,20H,1-3,6-7,12-15,17H2,(H,28,29);(H,6,7). The molecule has 1 saturated heterocycles. The number of piperazine rings is 1. The van der Waals surface area contributed by atoms with Crippen molar-refractivity contribution in [2.45, 2.75) is 50.9 Å². The Balaban J connectivity index is 0.000000448. The van der Waals surface area contributed by atoms with Gasteiger partial charge in [0, 0.05) is 48.8 Å². The summed E-state index contributed by atoms with van der Waals surface area (Å²) < 4.78 is 31.7. The summed E-state index contributed by atoms with van der Waals surface area (Å²) >= 11 is 12.6. The van der Waals surface area contributed by atoms with Crippen molar-refractivity contribution in [3.05, 3.63) is 58.1 Å². The van der Waals surface area contributed by atoms with Crippen molar-refractivity contribution >= 4 is 51.8 Å². The van der Waals surface area contributed by atoms with E-state index in [2.05, 4.69) is 15.1 Å². The second-order valence-corrected chi connectivity index (χ2v) is 10.5. The van der Waals surface area contributed by atoms with Crippen LogP contribution in [0.3, 0.4) is 0 Å². The van der Waals surface area contributed by atoms with Crippen molar-refractivity contribution < 1.29 is 23.1 Å². The molecule has 2 N–H and O–H groups in total. The van der Waals surface area contributed by atoms with E-state index in [1.54, 1.807) is 0 Å². The summed E-state index contributed by atoms with van der Waals surface area (Å²) in [5, 5.41) is 12.4. The molecule has 12 heteroatoms. The highest BCUT2D eigenvalue weighted by Gasteiger charge is 2.38. The first kappa shape index (κ1) is 29.2. The molecule has 0 amide bonds. The van der Waals surface area contributed by atoms with Crippen LogP contribution in [0.1, 0.15) is 37.7 Å². The number of fused-ring (bicyclic) bond motifs is 1. The molecule has 0 spiro atoms. The van der Waals surface area contributed by atoms with E-state index in [0.717, 1.165) is 71.0 Å². The van der Waals surface area contributed by atoms with Gasteiger partial charge in [-0.05, 0) is 48.7 Å². The molecule has 39 heavy (non-hydrogen) atoms. The van der Waals surface area contributed by atoms with Crippen LogP contribution in [-0.4, -0.2) is 64.3 Å². The summed E-state index contributed by atoms with van der Waals surface area (Å²) in [4.78, 5) is 23.7. The number of hydrogen-bond donors (Lipinski definition) is 2. The van der Waals surface area contributed by atoms with Crippen LogP contribution in [0.2, 0.25) is 10.0 Å². The summed E-state index contributed by atoms with van der Waals surface area (Å²) in [5.74, 6) is -0.843. The van der Waals surface area contributed by atoms with Gasteiger partial charge in [0.05, 0.1) is 11.0 Å². The predicted molar refractivity (Wildman–Crippen MR) is 148 cm³/mol. The Morgan fingerprint density at radius 1 is 0.974 bits per heavy atom. The van der Waals surface area contributed by atoms with Crippen LogP contribution in [0.4, 0.5) is 24.8 Å². The Kier molecular flexibility index (Phi) is 9.74. The highest BCUT2D eigenvalue weighted by molar-refractivity contribution is 6.33. The van der Waals surface area contributed by atoms with Crippen molar-refractivity contribution in [1.29, 1.82) is 0 Å². The van der Waals surface area contributed by atoms with Crippen LogP contribution in [0.25, 0.3) is 11.0 Å². The monoisotopic (exact) mass is 583 g/mol. The van der Waals surface area contributed by atoms with Crippen LogP contribution in [0.5, 0.6) is 0 Å². The average Bonchev–Trinajstić information content (AvgIpc) is 2.91. The van der Waals surface area contributed by atoms with Gasteiger partial charge in [0.25, 0.3) is 0 Å². The van der Waals surface area contributed by atoms with Crippen LogP contribution in [0.15, 0.2) is 42.5 Å². The van der Waals surface area contributed by atoms with E-state index in [0.29, 0.717) is 6.04 Å². The van der Waals surface area contributed by atoms with Crippen LogP contribution < -0.4 is 10.2 Å². The van der Waals surface area contributed by atoms with Gasteiger partial charge in [-0.2, -0.15) is 13.2 Å². The Hall–Kier alpha value is -2.82. The number of halogens is 5. The molecule has 7 nitrogen and oxygen atoms in total. The van der Waals surface area contributed by atoms with Gasteiger partial charge in [-0.3, -0.25) is 4.90 Å². The summed E-state index contributed by atoms with van der Waals surface area (Å²) in [6, 6.07) is 14.3. The molecule has 210 valence electrons. The molecule has 1 aliphatic carbocycles. The molecule has 2 heterocycles. The number of aromatic nitrogens is 2. The SMILES string of the molecule is Clc1ccc(Cl)c(CN2CCN(c3nc4ccccc4nc3NC3CCCCC3)CC2)c1.O=C(O)C(F)(F)F. The first-order valence-electron chi connectivity index (χ1n) is 12.8. The van der Waals surface area contributed by atoms with E-state index in [4.69, 9.17) is 43.1 Å². The Morgan fingerprint density at radius 2 is 1.59 bits per heavy atom. The van der Waals surface area contributed by atoms with E-state index in [-0.39, 0.29) is 0 Å². The number of carbonyl (C=O) groups is 1. The molecule has 2 aromatic carbocycles. The van der Waals surface area contributed by atoms with Crippen molar-refractivity contribution in [3.63, 3.8) is 0 Å². The number of carboxylic acid groups (broad SMARTS) is 1. The minimum Gasteiger partial charge on any atom is -0.475 e. The molecule has 2 fully saturated rings. The van der Waals surface area contributed by atoms with Gasteiger partial charge in [0.2, 0.25) is 0 Å². The second kappa shape index (κ2) is 13.0. The third-order valence-corrected chi connectivity index (χ3v) is 7.42. The number of para-hydroxylation sites is 2. The van der Waals surface area contributed by atoms with Gasteiger partial charge in [-0.15, -0.1) is 0 Å². The highest BCUT2D eigenvalue weighted by atomic mass is 35.5. The first-order chi connectivity index (χ1) is 18.6. The third-order valence-electron chi connectivity index (χ3n) is 6.81. The number of carboxylic acids is 1. The molecule has 3 aromatic rings. The molecular formula is C27H30Cl2F3N5O2. The number of aliphatic carboxylic acids is 1. The number of alkyl halides is 3. The molecule has 0 radical (unpaired) electrons. The van der Waals surface area contributed by atoms with Crippen molar-refractivity contribution in [1.82, 2.24) is 14.9 Å². The molecule has 2 aliphatic rings. The zero-order chi connectivity index (χ0) is 28.0. The smallest absolute Gasteiger partial charge is 0.475 e. The fourth-order valence-electron chi connectivity index (χ4n) is 4.77. The first-order valence-corrected chi connectivity index (χ1v) is 13.6. The molecule has 0 unspecified atom stereocenters. The number of anilines is 2. The largest absolute Gasteiger partial charge is 0.490 e. The summed E-state index contributed by atoms with van der Waals surface area (Å²) in [6.45, 7) is 4.51. The zero-order valence-electron chi connectivity index (χ0n) is 21.2. The van der Waals surface area contributed by atoms with Crippen molar-refractivity contribution in [2.24, 2.45) is 0 Å². The Labute approximate surface area is 234 Å². The number of nitrogens with zero attached hydrogens (tertiary/aromatic N) is 4. The maximum Gasteiger partial charge on any atom is 0.490 e. The normalized spacial score (nSPS) is 17.0. The van der Waals surface area contributed by atoms with E-state index < -0.39 is 12.1 Å². The van der Waals surface area contributed by atoms with Crippen molar-refractivity contribution in [3.8, 4) is 0 Å². The molecule has 5 rings (SSSR count). The average molecular weight is 584 g/mol. The maximum absolute atomic E-state index is 10.6. The van der Waals surface area contributed by atoms with E-state index in [1.807, 2.05) is 42.5 Å². The van der Waals surface area contributed by atoms with E-state index >= 15 is 0 Å². The minimum atomic E-state index is -5.08. The predicted octanol–water partition coefficient (Wildman–Crippen LogP) is 6.64. The highest BCUT2D eigenvalue weighted by Crippen LogP contribution is 2.30. The van der Waals surface area contributed by atoms with Gasteiger partial charge in [-0.25, -0.2) is 14.8 Å². The van der Waals surface area contributed by atoms with Gasteiger partial charge in [0.15, 0.2) is 11.6 Å². The molecule has 0 bridgehead atoms. The van der Waals surface area contributed by atoms with Crippen LogP contribution >= 0.6 is 23.2 Å². The lowest BCUT2D eigenvalue weighted by atomic mass is 9.95. The number of benzene rings is 2. The topological polar surface area (TPSA) is 81.6 Å². The fraction of sp³-hybridized carbons (Fsp3) is 0.444. The minimum absolute atomic E-state index is 0.490. The van der Waals surface area contributed by atoms with Crippen LogP contribution in [0, 0.1) is 0 Å². The van der Waals surface area contributed by atoms with Gasteiger partial charge in [0.1, 0.15) is 0 Å². The second-order valence-electron chi connectivity index (χ2n) is 9.67. The Bertz CT molecular complexity index is 1280. The van der Waals surface area contributed by atoms with Gasteiger partial charge < -0.3 is 15.3 Å². The van der Waals surface area contributed by atoms with Crippen LogP contribution in [-0.2, 0) is 11.3 Å². The zero-order valence-corrected chi connectivity index (χ0v) is 22.7. The number of nitrogens with one attached hydrogen (secondary N) is 1. The molecule has 1 saturated carbocycles. The van der Waals surface area contributed by atoms with E-state index in [1.165, 1.54) is 32.1 Å². The van der Waals surface area contributed by atoms with Gasteiger partial charge >= 0.3 is 12.1 Å². The molecule has 1 aliphatic heterocycles. The third kappa shape index (κ3) is 8.09. The molecule has 1 aromatic heterocycles. The lowest BCUT2D eigenvalue weighted by molar-refractivity contribution is -0.192. The molecule has 0 atom stereocenters. The number of hydrogen-bond acceptors (Lipinski definition) is 6. The summed E-state index contributed by atoms with van der Waals surface area (Å²) in [6.07, 6.45) is 1.26. The Morgan fingerprint density at radius 3 is 2.21 bits per heavy atom. The molecular weight excluding hydrogens is 554 g/mol. The van der Waals surface area contributed by atoms with Gasteiger partial charge in [-0.1, -0.05) is 54.6 Å². The lowest BCUT2D eigenvalue weighted by Crippen LogP contribution is -2.46. The lowest BCUT2D eigenvalue weighted by Gasteiger charge is -2.36. The van der Waals surface area contributed by atoms with Crippen molar-refractivity contribution in [2.75, 3.05) is 36.4 Å². The maximum atomic E-state index is 10.6. The summed E-state index contributed by atoms with van der Waals surface area (Å²) in [5.41, 5.74) is 2.98. The quantitative estimate of drug-likeness (QED) is 0.348. The fourth-order valence-corrected chi connectivity index (χ4v) is 5.14. The summed E-state index contributed by atoms with van der Waals surface area (Å²) in [7, 11) is 0. The number of rotatable bonds is 5. The van der Waals surface area contributed by atoms with E-state index in [9.17, 15) is 13.2 Å².